The summed E-state index contributed by atoms with van der Waals surface area (Å²) in [5, 5.41) is 2.16. The first-order chi connectivity index (χ1) is 6.57. The van der Waals surface area contributed by atoms with E-state index in [-0.39, 0.29) is 0 Å². The summed E-state index contributed by atoms with van der Waals surface area (Å²) < 4.78 is 29.7. The average Bonchev–Trinajstić information content (AvgIpc) is 1.96. The third-order valence-electron chi connectivity index (χ3n) is 1.40. The molecule has 0 aromatic carbocycles. The molecule has 15 heavy (non-hydrogen) atoms. The smallest absolute Gasteiger partial charge is 0.292 e. The maximum atomic E-state index is 11.1. The molecule has 0 fully saturated rings. The molecule has 2 N–H and O–H groups in total. The van der Waals surface area contributed by atoms with Gasteiger partial charge in [0, 0.05) is 0 Å². The summed E-state index contributed by atoms with van der Waals surface area (Å²) in [6, 6.07) is 0. The normalized spacial score (nSPS) is 11.9. The lowest BCUT2D eigenvalue weighted by atomic mass is 10.1. The van der Waals surface area contributed by atoms with Crippen LogP contribution in [-0.2, 0) is 19.7 Å². The zero-order valence-electron chi connectivity index (χ0n) is 8.48. The summed E-state index contributed by atoms with van der Waals surface area (Å²) >= 11 is 0. The van der Waals surface area contributed by atoms with E-state index in [9.17, 15) is 18.0 Å². The maximum absolute atomic E-state index is 11.1. The zero-order chi connectivity index (χ0) is 12.3. The van der Waals surface area contributed by atoms with Gasteiger partial charge in [-0.05, 0) is 19.9 Å². The fourth-order valence-electron chi connectivity index (χ4n) is 0.954. The topological polar surface area (TPSA) is 101 Å². The molecule has 1 amide bonds. The Kier molecular flexibility index (Phi) is 4.17. The van der Waals surface area contributed by atoms with Crippen molar-refractivity contribution in [3.63, 3.8) is 0 Å². The van der Waals surface area contributed by atoms with Gasteiger partial charge in [0.2, 0.25) is 5.78 Å². The third-order valence-corrected chi connectivity index (χ3v) is 2.49. The van der Waals surface area contributed by atoms with Crippen molar-refractivity contribution in [3.05, 3.63) is 12.7 Å². The fourth-order valence-corrected chi connectivity index (χ4v) is 1.94. The second-order valence-corrected chi connectivity index (χ2v) is 5.09. The molecule has 0 unspecified atom stereocenters. The van der Waals surface area contributed by atoms with Crippen molar-refractivity contribution >= 4 is 21.8 Å². The van der Waals surface area contributed by atoms with Crippen LogP contribution in [0.4, 0.5) is 0 Å². The van der Waals surface area contributed by atoms with Gasteiger partial charge in [-0.2, -0.15) is 8.42 Å². The van der Waals surface area contributed by atoms with Crippen molar-refractivity contribution in [2.75, 3.05) is 5.75 Å². The Morgan fingerprint density at radius 2 is 1.93 bits per heavy atom. The van der Waals surface area contributed by atoms with Gasteiger partial charge in [-0.1, -0.05) is 6.58 Å². The zero-order valence-corrected chi connectivity index (χ0v) is 9.30. The predicted octanol–water partition coefficient (Wildman–Crippen LogP) is -0.476. The summed E-state index contributed by atoms with van der Waals surface area (Å²) in [5.74, 6) is -2.49. The lowest BCUT2D eigenvalue weighted by Gasteiger charge is -2.23. The monoisotopic (exact) mass is 235 g/mol. The molecule has 0 saturated carbocycles. The highest BCUT2D eigenvalue weighted by Crippen LogP contribution is 2.05. The highest BCUT2D eigenvalue weighted by molar-refractivity contribution is 7.85. The van der Waals surface area contributed by atoms with Crippen molar-refractivity contribution in [3.8, 4) is 0 Å². The van der Waals surface area contributed by atoms with E-state index in [1.54, 1.807) is 0 Å². The average molecular weight is 235 g/mol. The van der Waals surface area contributed by atoms with Crippen LogP contribution < -0.4 is 5.32 Å². The molecule has 0 aromatic rings. The first-order valence-electron chi connectivity index (χ1n) is 4.01. The summed E-state index contributed by atoms with van der Waals surface area (Å²) in [6.45, 7) is 5.85. The number of nitrogens with one attached hydrogen (secondary N) is 1. The van der Waals surface area contributed by atoms with Crippen LogP contribution in [0.3, 0.4) is 0 Å². The van der Waals surface area contributed by atoms with E-state index >= 15 is 0 Å². The van der Waals surface area contributed by atoms with E-state index in [0.29, 0.717) is 0 Å². The van der Waals surface area contributed by atoms with Gasteiger partial charge in [0.15, 0.2) is 0 Å². The Hall–Kier alpha value is -1.21. The number of amides is 1. The molecule has 0 spiro atoms. The Balaban J connectivity index is 4.58. The van der Waals surface area contributed by atoms with Gasteiger partial charge in [-0.3, -0.25) is 14.1 Å². The summed E-state index contributed by atoms with van der Waals surface area (Å²) in [7, 11) is -4.21. The first kappa shape index (κ1) is 13.8. The van der Waals surface area contributed by atoms with Gasteiger partial charge in [0.05, 0.1) is 11.3 Å². The Morgan fingerprint density at radius 1 is 1.47 bits per heavy atom. The minimum Gasteiger partial charge on any atom is -0.343 e. The largest absolute Gasteiger partial charge is 0.343 e. The van der Waals surface area contributed by atoms with Gasteiger partial charge in [-0.25, -0.2) is 0 Å². The lowest BCUT2D eigenvalue weighted by molar-refractivity contribution is -0.136. The number of rotatable bonds is 5. The first-order valence-corrected chi connectivity index (χ1v) is 5.62. The summed E-state index contributed by atoms with van der Waals surface area (Å²) in [6.07, 6.45) is 0.818. The van der Waals surface area contributed by atoms with Gasteiger partial charge < -0.3 is 5.32 Å². The lowest BCUT2D eigenvalue weighted by Crippen LogP contribution is -2.50. The number of ketones is 1. The molecule has 0 heterocycles. The van der Waals surface area contributed by atoms with E-state index < -0.39 is 33.1 Å². The van der Waals surface area contributed by atoms with Crippen molar-refractivity contribution in [1.29, 1.82) is 0 Å². The summed E-state index contributed by atoms with van der Waals surface area (Å²) in [5.41, 5.74) is -1.22. The second-order valence-electron chi connectivity index (χ2n) is 3.63. The maximum Gasteiger partial charge on any atom is 0.292 e. The van der Waals surface area contributed by atoms with Crippen LogP contribution in [0.25, 0.3) is 0 Å². The minimum absolute atomic E-state index is 0.670. The molecule has 86 valence electrons. The van der Waals surface area contributed by atoms with E-state index in [1.807, 2.05) is 0 Å². The van der Waals surface area contributed by atoms with Crippen LogP contribution in [0.1, 0.15) is 13.8 Å². The fraction of sp³-hybridized carbons (Fsp3) is 0.500. The molecule has 0 aliphatic rings. The third kappa shape index (κ3) is 5.97. The summed E-state index contributed by atoms with van der Waals surface area (Å²) in [4.78, 5) is 21.9. The SMILES string of the molecule is C=CC(=O)C(=O)NC(C)(C)CS(=O)(=O)O. The minimum atomic E-state index is -4.21. The van der Waals surface area contributed by atoms with E-state index in [2.05, 4.69) is 11.9 Å². The van der Waals surface area contributed by atoms with Crippen molar-refractivity contribution < 1.29 is 22.6 Å². The molecule has 0 aliphatic heterocycles. The van der Waals surface area contributed by atoms with E-state index in [1.165, 1.54) is 13.8 Å². The number of hydrogen-bond donors (Lipinski definition) is 2. The molecule has 0 radical (unpaired) electrons. The molecular weight excluding hydrogens is 222 g/mol. The predicted molar refractivity (Wildman–Crippen MR) is 53.8 cm³/mol. The molecular formula is C8H13NO5S. The van der Waals surface area contributed by atoms with Crippen molar-refractivity contribution in [1.82, 2.24) is 5.32 Å². The molecule has 0 bridgehead atoms. The van der Waals surface area contributed by atoms with Gasteiger partial charge in [0.1, 0.15) is 0 Å². The van der Waals surface area contributed by atoms with Crippen LogP contribution >= 0.6 is 0 Å². The van der Waals surface area contributed by atoms with Crippen molar-refractivity contribution in [2.45, 2.75) is 19.4 Å². The van der Waals surface area contributed by atoms with Crippen LogP contribution in [-0.4, -0.2) is 36.0 Å². The second kappa shape index (κ2) is 4.54. The van der Waals surface area contributed by atoms with Crippen LogP contribution in [0, 0.1) is 0 Å². The molecule has 0 rings (SSSR count). The molecule has 0 aliphatic carbocycles. The molecule has 0 saturated heterocycles. The van der Waals surface area contributed by atoms with Gasteiger partial charge >= 0.3 is 0 Å². The number of carbonyl (C=O) groups is 2. The quantitative estimate of drug-likeness (QED) is 0.381. The standard InChI is InChI=1S/C8H13NO5S/c1-4-6(10)7(11)9-8(2,3)5-15(12,13)14/h4H,1,5H2,2-3H3,(H,9,11)(H,12,13,14). The molecule has 7 heteroatoms. The Bertz CT molecular complexity index is 382. The van der Waals surface area contributed by atoms with Crippen molar-refractivity contribution in [2.24, 2.45) is 0 Å². The highest BCUT2D eigenvalue weighted by Gasteiger charge is 2.28. The van der Waals surface area contributed by atoms with E-state index in [0.717, 1.165) is 6.08 Å². The van der Waals surface area contributed by atoms with Crippen LogP contribution in [0.15, 0.2) is 12.7 Å². The molecule has 0 aromatic heterocycles. The number of carbonyl (C=O) groups excluding carboxylic acids is 2. The molecule has 0 atom stereocenters. The van der Waals surface area contributed by atoms with Crippen LogP contribution in [0.5, 0.6) is 0 Å². The van der Waals surface area contributed by atoms with Crippen LogP contribution in [0.2, 0.25) is 0 Å². The van der Waals surface area contributed by atoms with Gasteiger partial charge in [0.25, 0.3) is 16.0 Å². The Morgan fingerprint density at radius 3 is 2.27 bits per heavy atom. The van der Waals surface area contributed by atoms with E-state index in [4.69, 9.17) is 4.55 Å². The molecule has 6 nitrogen and oxygen atoms in total. The highest BCUT2D eigenvalue weighted by atomic mass is 32.2. The van der Waals surface area contributed by atoms with Gasteiger partial charge in [-0.15, -0.1) is 0 Å². The number of hydrogen-bond acceptors (Lipinski definition) is 4. The Labute approximate surface area is 88.1 Å².